The number of nitrogens with one attached hydrogen (secondary N) is 2. The molecule has 1 aromatic heterocycles. The number of anilines is 2. The van der Waals surface area contributed by atoms with Crippen molar-refractivity contribution in [1.29, 1.82) is 0 Å². The van der Waals surface area contributed by atoms with Crippen LogP contribution < -0.4 is 10.6 Å². The quantitative estimate of drug-likeness (QED) is 0.347. The van der Waals surface area contributed by atoms with Gasteiger partial charge in [0, 0.05) is 43.6 Å². The molecule has 0 fully saturated rings. The van der Waals surface area contributed by atoms with Crippen molar-refractivity contribution >= 4 is 11.6 Å². The lowest BCUT2D eigenvalue weighted by Gasteiger charge is -2.27. The number of methoxy groups -OCH3 is 1. The molecule has 1 heterocycles. The van der Waals surface area contributed by atoms with Crippen LogP contribution in [0, 0.1) is 5.82 Å². The average Bonchev–Trinajstić information content (AvgIpc) is 2.87. The molecule has 6 heteroatoms. The number of halogens is 1. The normalized spacial score (nSPS) is 14.4. The molecule has 5 rings (SSSR count). The van der Waals surface area contributed by atoms with Gasteiger partial charge in [0.05, 0.1) is 12.3 Å². The van der Waals surface area contributed by atoms with Gasteiger partial charge in [-0.1, -0.05) is 54.6 Å². The van der Waals surface area contributed by atoms with Crippen LogP contribution in [0.1, 0.15) is 28.2 Å². The minimum absolute atomic E-state index is 0.0606. The molecule has 0 spiro atoms. The van der Waals surface area contributed by atoms with Crippen molar-refractivity contribution in [1.82, 2.24) is 15.3 Å². The molecule has 4 aromatic rings. The largest absolute Gasteiger partial charge is 0.383 e. The number of fused-ring (bicyclic) bond motifs is 3. The second kappa shape index (κ2) is 10.1. The minimum atomic E-state index is -0.179. The molecule has 0 unspecified atom stereocenters. The Morgan fingerprint density at radius 3 is 2.68 bits per heavy atom. The molecule has 0 aliphatic heterocycles. The first-order valence-electron chi connectivity index (χ1n) is 11.5. The molecular weight excluding hydrogens is 427 g/mol. The van der Waals surface area contributed by atoms with Gasteiger partial charge in [-0.15, -0.1) is 0 Å². The van der Waals surface area contributed by atoms with E-state index in [4.69, 9.17) is 9.72 Å². The predicted octanol–water partition coefficient (Wildman–Crippen LogP) is 5.45. The number of hydrogen-bond donors (Lipinski definition) is 2. The van der Waals surface area contributed by atoms with Gasteiger partial charge >= 0.3 is 0 Å². The van der Waals surface area contributed by atoms with Gasteiger partial charge in [-0.25, -0.2) is 14.4 Å². The van der Waals surface area contributed by atoms with Crippen molar-refractivity contribution in [3.05, 3.63) is 107 Å². The van der Waals surface area contributed by atoms with E-state index in [1.807, 2.05) is 42.6 Å². The summed E-state index contributed by atoms with van der Waals surface area (Å²) in [5.41, 5.74) is 6.84. The molecule has 1 atom stereocenters. The number of benzene rings is 3. The van der Waals surface area contributed by atoms with Crippen LogP contribution in [0.15, 0.2) is 79.0 Å². The van der Waals surface area contributed by atoms with Crippen LogP contribution in [0.3, 0.4) is 0 Å². The van der Waals surface area contributed by atoms with Gasteiger partial charge in [-0.3, -0.25) is 0 Å². The molecule has 5 nitrogen and oxygen atoms in total. The number of nitrogens with zero attached hydrogens (tertiary/aromatic N) is 2. The summed E-state index contributed by atoms with van der Waals surface area (Å²) in [7, 11) is 1.70. The summed E-state index contributed by atoms with van der Waals surface area (Å²) in [4.78, 5) is 9.45. The Morgan fingerprint density at radius 2 is 1.82 bits per heavy atom. The second-order valence-corrected chi connectivity index (χ2v) is 8.43. The molecule has 0 amide bonds. The summed E-state index contributed by atoms with van der Waals surface area (Å²) < 4.78 is 19.7. The van der Waals surface area contributed by atoms with E-state index in [1.54, 1.807) is 13.2 Å². The van der Waals surface area contributed by atoms with Crippen LogP contribution >= 0.6 is 0 Å². The summed E-state index contributed by atoms with van der Waals surface area (Å²) in [5, 5.41) is 6.70. The lowest BCUT2D eigenvalue weighted by Crippen LogP contribution is -2.18. The van der Waals surface area contributed by atoms with Crippen molar-refractivity contribution in [2.24, 2.45) is 0 Å². The zero-order valence-corrected chi connectivity index (χ0v) is 19.1. The van der Waals surface area contributed by atoms with Crippen LogP contribution in [-0.2, 0) is 17.7 Å². The smallest absolute Gasteiger partial charge is 0.227 e. The maximum absolute atomic E-state index is 14.6. The molecule has 0 saturated carbocycles. The van der Waals surface area contributed by atoms with Crippen LogP contribution in [0.5, 0.6) is 0 Å². The molecule has 34 heavy (non-hydrogen) atoms. The second-order valence-electron chi connectivity index (χ2n) is 8.43. The summed E-state index contributed by atoms with van der Waals surface area (Å²) in [5.74, 6) is 0.304. The topological polar surface area (TPSA) is 59.1 Å². The fraction of sp³-hybridized carbons (Fsp3) is 0.214. The highest BCUT2D eigenvalue weighted by Gasteiger charge is 2.28. The van der Waals surface area contributed by atoms with Crippen LogP contribution in [0.4, 0.5) is 16.0 Å². The summed E-state index contributed by atoms with van der Waals surface area (Å²) >= 11 is 0. The Balaban J connectivity index is 1.41. The van der Waals surface area contributed by atoms with Gasteiger partial charge in [0.15, 0.2) is 0 Å². The first-order chi connectivity index (χ1) is 16.7. The SMILES string of the molecule is COCCNCc1cccc(Nc2ncc3c(n2)-c2ccccc2[C@H](c2ccccc2F)C3)c1. The fourth-order valence-electron chi connectivity index (χ4n) is 4.53. The van der Waals surface area contributed by atoms with Crippen LogP contribution in [-0.4, -0.2) is 30.2 Å². The first-order valence-corrected chi connectivity index (χ1v) is 11.5. The van der Waals surface area contributed by atoms with Gasteiger partial charge < -0.3 is 15.4 Å². The Labute approximate surface area is 199 Å². The molecule has 1 aliphatic rings. The molecule has 3 aromatic carbocycles. The summed E-state index contributed by atoms with van der Waals surface area (Å²) in [6.45, 7) is 2.24. The molecular formula is C28H27FN4O. The standard InChI is InChI=1S/C28H27FN4O/c1-34-14-13-30-17-19-7-6-8-21(15-19)32-28-31-18-20-16-25(23-10-4-5-12-26(23)29)22-9-2-3-11-24(22)27(20)33-28/h2-12,15,18,25,30H,13-14,16-17H2,1H3,(H,31,32,33)/t25-/m1/s1. The number of ether oxygens (including phenoxy) is 1. The summed E-state index contributed by atoms with van der Waals surface area (Å²) in [6, 6.07) is 23.3. The van der Waals surface area contributed by atoms with E-state index in [9.17, 15) is 4.39 Å². The van der Waals surface area contributed by atoms with Crippen LogP contribution in [0.25, 0.3) is 11.3 Å². The van der Waals surface area contributed by atoms with Gasteiger partial charge in [0.2, 0.25) is 5.95 Å². The van der Waals surface area contributed by atoms with Crippen molar-refractivity contribution in [2.45, 2.75) is 18.9 Å². The van der Waals surface area contributed by atoms with Crippen molar-refractivity contribution < 1.29 is 9.13 Å². The van der Waals surface area contributed by atoms with E-state index < -0.39 is 0 Å². The molecule has 0 bridgehead atoms. The fourth-order valence-corrected chi connectivity index (χ4v) is 4.53. The first kappa shape index (κ1) is 22.2. The monoisotopic (exact) mass is 454 g/mol. The third-order valence-electron chi connectivity index (χ3n) is 6.16. The lowest BCUT2D eigenvalue weighted by atomic mass is 9.78. The highest BCUT2D eigenvalue weighted by molar-refractivity contribution is 5.73. The highest BCUT2D eigenvalue weighted by Crippen LogP contribution is 2.42. The number of aromatic nitrogens is 2. The van der Waals surface area contributed by atoms with E-state index >= 15 is 0 Å². The highest BCUT2D eigenvalue weighted by atomic mass is 19.1. The predicted molar refractivity (Wildman–Crippen MR) is 133 cm³/mol. The molecule has 2 N–H and O–H groups in total. The zero-order chi connectivity index (χ0) is 23.3. The number of rotatable bonds is 8. The Kier molecular flexibility index (Phi) is 6.60. The lowest BCUT2D eigenvalue weighted by molar-refractivity contribution is 0.199. The maximum Gasteiger partial charge on any atom is 0.227 e. The molecule has 172 valence electrons. The van der Waals surface area contributed by atoms with Crippen molar-refractivity contribution in [3.8, 4) is 11.3 Å². The van der Waals surface area contributed by atoms with Gasteiger partial charge in [-0.05, 0) is 46.9 Å². The Morgan fingerprint density at radius 1 is 1.00 bits per heavy atom. The zero-order valence-electron chi connectivity index (χ0n) is 19.1. The average molecular weight is 455 g/mol. The molecule has 1 aliphatic carbocycles. The van der Waals surface area contributed by atoms with E-state index in [-0.39, 0.29) is 11.7 Å². The van der Waals surface area contributed by atoms with Gasteiger partial charge in [-0.2, -0.15) is 0 Å². The third-order valence-corrected chi connectivity index (χ3v) is 6.16. The van der Waals surface area contributed by atoms with E-state index in [0.29, 0.717) is 24.5 Å². The molecule has 0 radical (unpaired) electrons. The van der Waals surface area contributed by atoms with Crippen molar-refractivity contribution in [2.75, 3.05) is 25.6 Å². The summed E-state index contributed by atoms with van der Waals surface area (Å²) in [6.07, 6.45) is 2.53. The Bertz CT molecular complexity index is 1290. The maximum atomic E-state index is 14.6. The van der Waals surface area contributed by atoms with Crippen molar-refractivity contribution in [3.63, 3.8) is 0 Å². The van der Waals surface area contributed by atoms with Crippen LogP contribution in [0.2, 0.25) is 0 Å². The number of hydrogen-bond acceptors (Lipinski definition) is 5. The van der Waals surface area contributed by atoms with Gasteiger partial charge in [0.1, 0.15) is 5.82 Å². The van der Waals surface area contributed by atoms with Gasteiger partial charge in [0.25, 0.3) is 0 Å². The minimum Gasteiger partial charge on any atom is -0.383 e. The Hall–Kier alpha value is -3.61. The third kappa shape index (κ3) is 4.69. The molecule has 0 saturated heterocycles. The van der Waals surface area contributed by atoms with E-state index in [2.05, 4.69) is 39.9 Å². The van der Waals surface area contributed by atoms with E-state index in [0.717, 1.165) is 46.7 Å². The van der Waals surface area contributed by atoms with E-state index in [1.165, 1.54) is 6.07 Å².